The van der Waals surface area contributed by atoms with E-state index < -0.39 is 30.4 Å². The second kappa shape index (κ2) is 7.96. The van der Waals surface area contributed by atoms with E-state index in [-0.39, 0.29) is 31.9 Å². The third kappa shape index (κ3) is 4.64. The Kier molecular flexibility index (Phi) is 5.97. The average molecular weight is 514 g/mol. The van der Waals surface area contributed by atoms with Crippen LogP contribution in [0.5, 0.6) is 0 Å². The zero-order chi connectivity index (χ0) is 20.5. The quantitative estimate of drug-likeness (QED) is 0.559. The van der Waals surface area contributed by atoms with Crippen LogP contribution in [0.2, 0.25) is 0 Å². The van der Waals surface area contributed by atoms with Crippen LogP contribution >= 0.6 is 20.2 Å². The molecule has 150 valence electrons. The Morgan fingerprint density at radius 2 is 1.61 bits per heavy atom. The molecule has 1 aliphatic carbocycles. The maximum absolute atomic E-state index is 12.9. The summed E-state index contributed by atoms with van der Waals surface area (Å²) in [5.41, 5.74) is 0.571. The van der Waals surface area contributed by atoms with E-state index >= 15 is 0 Å². The van der Waals surface area contributed by atoms with Gasteiger partial charge in [0.05, 0.1) is 0 Å². The molecule has 0 saturated heterocycles. The van der Waals surface area contributed by atoms with Crippen LogP contribution in [0.1, 0.15) is 32.3 Å². The van der Waals surface area contributed by atoms with E-state index in [9.17, 15) is 18.3 Å². The predicted molar refractivity (Wildman–Crippen MR) is 116 cm³/mol. The summed E-state index contributed by atoms with van der Waals surface area (Å²) in [4.78, 5) is 12.9. The molecule has 0 heterocycles. The number of allylic oxidation sites excluding steroid dienone is 2. The van der Waals surface area contributed by atoms with E-state index in [1.807, 2.05) is 26.8 Å². The number of rotatable bonds is 5. The van der Waals surface area contributed by atoms with Crippen molar-refractivity contribution in [2.45, 2.75) is 38.5 Å². The third-order valence-corrected chi connectivity index (χ3v) is 12.0. The topological polar surface area (TPSA) is 80.7 Å². The van der Waals surface area contributed by atoms with Gasteiger partial charge in [-0.2, -0.15) is 0 Å². The van der Waals surface area contributed by atoms with Crippen LogP contribution in [0.25, 0.3) is 0 Å². The molecular formula is C21H23IO5S. The monoisotopic (exact) mass is 514 g/mol. The number of benzene rings is 2. The molecular weight excluding hydrogens is 491 g/mol. The second-order valence-corrected chi connectivity index (χ2v) is 13.9. The number of hydrogen-bond acceptors (Lipinski definition) is 5. The van der Waals surface area contributed by atoms with E-state index in [0.29, 0.717) is 9.99 Å². The fourth-order valence-corrected chi connectivity index (χ4v) is 10.2. The Balaban J connectivity index is 2.07. The van der Waals surface area contributed by atoms with Crippen molar-refractivity contribution in [2.24, 2.45) is 5.41 Å². The van der Waals surface area contributed by atoms with Gasteiger partial charge in [-0.1, -0.05) is 0 Å². The first-order chi connectivity index (χ1) is 13.1. The molecule has 0 spiro atoms. The van der Waals surface area contributed by atoms with Crippen LogP contribution in [0.3, 0.4) is 0 Å². The van der Waals surface area contributed by atoms with Crippen molar-refractivity contribution in [1.29, 1.82) is 0 Å². The molecule has 2 aromatic rings. The van der Waals surface area contributed by atoms with E-state index in [1.54, 1.807) is 36.4 Å². The number of aryl methyl sites for hydroxylation is 1. The van der Waals surface area contributed by atoms with Gasteiger partial charge in [0.2, 0.25) is 0 Å². The van der Waals surface area contributed by atoms with Crippen LogP contribution in [0.4, 0.5) is 0 Å². The molecule has 5 nitrogen and oxygen atoms in total. The third-order valence-electron chi connectivity index (χ3n) is 4.34. The molecule has 0 unspecified atom stereocenters. The van der Waals surface area contributed by atoms with Crippen molar-refractivity contribution in [2.75, 3.05) is 0 Å². The zero-order valence-electron chi connectivity index (χ0n) is 16.0. The van der Waals surface area contributed by atoms with E-state index in [4.69, 9.17) is 2.51 Å². The normalized spacial score (nSPS) is 17.5. The minimum atomic E-state index is -4.08. The Labute approximate surface area is 173 Å². The number of hydrogen-bond donors (Lipinski definition) is 1. The number of carbonyl (C=O) groups excluding carboxylic acids is 1. The number of Topliss-reactive ketones (excluding diaryl/α,β-unsaturated/α-hetero) is 1. The number of aliphatic hydroxyl groups excluding tert-OH is 1. The summed E-state index contributed by atoms with van der Waals surface area (Å²) in [5, 5.41) is 10.6. The van der Waals surface area contributed by atoms with Crippen LogP contribution in [0.15, 0.2) is 68.8 Å². The van der Waals surface area contributed by atoms with Crippen molar-refractivity contribution in [3.8, 4) is 0 Å². The van der Waals surface area contributed by atoms with Gasteiger partial charge in [0.25, 0.3) is 0 Å². The molecule has 2 aromatic carbocycles. The van der Waals surface area contributed by atoms with Gasteiger partial charge >= 0.3 is 174 Å². The van der Waals surface area contributed by atoms with Crippen LogP contribution in [0, 0.1) is 15.9 Å². The van der Waals surface area contributed by atoms with Crippen LogP contribution < -0.4 is 0 Å². The molecule has 28 heavy (non-hydrogen) atoms. The molecule has 3 rings (SSSR count). The van der Waals surface area contributed by atoms with Gasteiger partial charge in [-0.05, 0) is 0 Å². The summed E-state index contributed by atoms with van der Waals surface area (Å²) < 4.78 is 32.3. The zero-order valence-corrected chi connectivity index (χ0v) is 19.0. The van der Waals surface area contributed by atoms with Gasteiger partial charge in [0.1, 0.15) is 0 Å². The number of aliphatic hydroxyl groups is 1. The van der Waals surface area contributed by atoms with Crippen molar-refractivity contribution in [1.82, 2.24) is 0 Å². The number of ketones is 1. The molecule has 7 heteroatoms. The molecule has 0 amide bonds. The van der Waals surface area contributed by atoms with Gasteiger partial charge in [-0.25, -0.2) is 0 Å². The SMILES string of the molecule is Cc1ccc(S(=O)(=O)OI(C2=C(O)CC(C)(C)CC2=O)c2ccccc2)cc1. The molecule has 0 atom stereocenters. The van der Waals surface area contributed by atoms with Gasteiger partial charge in [0.15, 0.2) is 0 Å². The first-order valence-electron chi connectivity index (χ1n) is 8.81. The molecule has 0 saturated carbocycles. The maximum atomic E-state index is 12.9. The second-order valence-electron chi connectivity index (χ2n) is 7.58. The fourth-order valence-electron chi connectivity index (χ4n) is 2.99. The molecule has 1 aliphatic rings. The first-order valence-corrected chi connectivity index (χ1v) is 13.3. The summed E-state index contributed by atoms with van der Waals surface area (Å²) in [7, 11) is -4.08. The van der Waals surface area contributed by atoms with Crippen LogP contribution in [-0.2, 0) is 17.4 Å². The molecule has 0 aliphatic heterocycles. The molecule has 1 N–H and O–H groups in total. The van der Waals surface area contributed by atoms with E-state index in [1.165, 1.54) is 12.1 Å². The standard InChI is InChI=1S/C21H23IO5S/c1-15-9-11-17(12-10-15)28(25,26)27-22(16-7-5-4-6-8-16)20-18(23)13-21(2,3)14-19(20)24/h4-12,23H,13-14H2,1-3H3. The van der Waals surface area contributed by atoms with Crippen molar-refractivity contribution in [3.05, 3.63) is 73.1 Å². The summed E-state index contributed by atoms with van der Waals surface area (Å²) in [6, 6.07) is 15.2. The summed E-state index contributed by atoms with van der Waals surface area (Å²) in [6.07, 6.45) is 0.573. The fraction of sp³-hybridized carbons (Fsp3) is 0.286. The summed E-state index contributed by atoms with van der Waals surface area (Å²) in [6.45, 7) is 5.68. The Morgan fingerprint density at radius 1 is 1.00 bits per heavy atom. The van der Waals surface area contributed by atoms with Gasteiger partial charge in [0, 0.05) is 0 Å². The van der Waals surface area contributed by atoms with Crippen molar-refractivity contribution >= 4 is 36.1 Å². The number of carbonyl (C=O) groups is 1. The Bertz CT molecular complexity index is 1010. The average Bonchev–Trinajstić information content (AvgIpc) is 2.60. The van der Waals surface area contributed by atoms with Gasteiger partial charge in [-0.15, -0.1) is 0 Å². The molecule has 0 aromatic heterocycles. The molecule has 0 fully saturated rings. The van der Waals surface area contributed by atoms with Crippen molar-refractivity contribution < 1.29 is 20.8 Å². The van der Waals surface area contributed by atoms with E-state index in [0.717, 1.165) is 5.56 Å². The van der Waals surface area contributed by atoms with Gasteiger partial charge < -0.3 is 0 Å². The summed E-state index contributed by atoms with van der Waals surface area (Å²) >= 11 is -3.19. The Morgan fingerprint density at radius 3 is 2.18 bits per heavy atom. The van der Waals surface area contributed by atoms with Crippen LogP contribution in [-0.4, -0.2) is 19.3 Å². The predicted octanol–water partition coefficient (Wildman–Crippen LogP) is 5.15. The minimum absolute atomic E-state index is 0.0417. The first kappa shape index (κ1) is 21.0. The summed E-state index contributed by atoms with van der Waals surface area (Å²) in [5.74, 6) is -0.281. The molecule has 0 bridgehead atoms. The molecule has 0 radical (unpaired) electrons. The Hall–Kier alpha value is -1.71. The number of halogens is 1. The van der Waals surface area contributed by atoms with Gasteiger partial charge in [-0.3, -0.25) is 0 Å². The van der Waals surface area contributed by atoms with E-state index in [2.05, 4.69) is 0 Å². The van der Waals surface area contributed by atoms with Crippen molar-refractivity contribution in [3.63, 3.8) is 0 Å².